The minimum Gasteiger partial charge on any atom is -0.369 e. The van der Waals surface area contributed by atoms with Gasteiger partial charge in [-0.2, -0.15) is 0 Å². The molecule has 0 aromatic carbocycles. The first-order valence-corrected chi connectivity index (χ1v) is 5.75. The van der Waals surface area contributed by atoms with Gasteiger partial charge in [0.05, 0.1) is 0 Å². The fourth-order valence-electron chi connectivity index (χ4n) is 0.877. The van der Waals surface area contributed by atoms with Gasteiger partial charge in [-0.25, -0.2) is 9.97 Å². The van der Waals surface area contributed by atoms with Gasteiger partial charge in [-0.15, -0.1) is 0 Å². The highest BCUT2D eigenvalue weighted by molar-refractivity contribution is 7.84. The molecule has 1 atom stereocenters. The molecule has 5 heteroatoms. The normalized spacial score (nSPS) is 12.5. The van der Waals surface area contributed by atoms with E-state index < -0.39 is 10.8 Å². The first kappa shape index (κ1) is 10.1. The van der Waals surface area contributed by atoms with Crippen molar-refractivity contribution in [1.29, 1.82) is 0 Å². The van der Waals surface area contributed by atoms with Gasteiger partial charge in [-0.3, -0.25) is 4.21 Å². The maximum atomic E-state index is 10.7. The van der Waals surface area contributed by atoms with Crippen LogP contribution in [-0.4, -0.2) is 32.7 Å². The Bertz CT molecular complexity index is 303. The molecular formula is C8H13N3OS. The van der Waals surface area contributed by atoms with Crippen LogP contribution in [0.5, 0.6) is 0 Å². The molecule has 0 aliphatic rings. The smallest absolute Gasteiger partial charge is 0.129 e. The SMILES string of the molecule is Cc1nccc(NCCS(C)=O)n1. The molecule has 1 unspecified atom stereocenters. The van der Waals surface area contributed by atoms with E-state index >= 15 is 0 Å². The number of hydrogen-bond donors (Lipinski definition) is 1. The molecule has 0 radical (unpaired) electrons. The lowest BCUT2D eigenvalue weighted by Crippen LogP contribution is -2.11. The van der Waals surface area contributed by atoms with Gasteiger partial charge in [0.15, 0.2) is 0 Å². The van der Waals surface area contributed by atoms with Crippen LogP contribution in [0.1, 0.15) is 5.82 Å². The lowest BCUT2D eigenvalue weighted by molar-refractivity contribution is 0.687. The van der Waals surface area contributed by atoms with E-state index in [9.17, 15) is 4.21 Å². The third-order valence-electron chi connectivity index (χ3n) is 1.47. The zero-order chi connectivity index (χ0) is 9.68. The molecule has 1 heterocycles. The van der Waals surface area contributed by atoms with Crippen LogP contribution in [0.3, 0.4) is 0 Å². The van der Waals surface area contributed by atoms with Crippen LogP contribution in [0.25, 0.3) is 0 Å². The molecule has 0 aliphatic heterocycles. The highest BCUT2D eigenvalue weighted by atomic mass is 32.2. The monoisotopic (exact) mass is 199 g/mol. The molecule has 4 nitrogen and oxygen atoms in total. The fourth-order valence-corrected chi connectivity index (χ4v) is 1.27. The number of nitrogens with one attached hydrogen (secondary N) is 1. The Morgan fingerprint density at radius 2 is 2.38 bits per heavy atom. The summed E-state index contributed by atoms with van der Waals surface area (Å²) in [6, 6.07) is 1.80. The van der Waals surface area contributed by atoms with E-state index in [2.05, 4.69) is 15.3 Å². The zero-order valence-corrected chi connectivity index (χ0v) is 8.60. The van der Waals surface area contributed by atoms with Crippen molar-refractivity contribution in [2.75, 3.05) is 23.9 Å². The minimum absolute atomic E-state index is 0.642. The van der Waals surface area contributed by atoms with Crippen molar-refractivity contribution in [3.63, 3.8) is 0 Å². The molecule has 1 aromatic rings. The van der Waals surface area contributed by atoms with Crippen LogP contribution in [0, 0.1) is 6.92 Å². The van der Waals surface area contributed by atoms with Crippen LogP contribution < -0.4 is 5.32 Å². The Morgan fingerprint density at radius 3 is 3.00 bits per heavy atom. The highest BCUT2D eigenvalue weighted by Gasteiger charge is 1.94. The molecule has 0 fully saturated rings. The van der Waals surface area contributed by atoms with E-state index in [0.29, 0.717) is 12.3 Å². The van der Waals surface area contributed by atoms with Crippen molar-refractivity contribution in [2.24, 2.45) is 0 Å². The van der Waals surface area contributed by atoms with Gasteiger partial charge < -0.3 is 5.32 Å². The average molecular weight is 199 g/mol. The molecule has 0 aliphatic carbocycles. The van der Waals surface area contributed by atoms with Crippen LogP contribution in [0.4, 0.5) is 5.82 Å². The Hall–Kier alpha value is -0.970. The third kappa shape index (κ3) is 3.98. The standard InChI is InChI=1S/C8H13N3OS/c1-7-9-4-3-8(11-7)10-5-6-13(2)12/h3-4H,5-6H2,1-2H3,(H,9,10,11). The Kier molecular flexibility index (Phi) is 3.82. The van der Waals surface area contributed by atoms with Gasteiger partial charge in [0, 0.05) is 35.5 Å². The molecule has 0 saturated heterocycles. The number of rotatable bonds is 4. The summed E-state index contributed by atoms with van der Waals surface area (Å²) in [6.07, 6.45) is 3.39. The molecule has 0 saturated carbocycles. The third-order valence-corrected chi connectivity index (χ3v) is 2.25. The van der Waals surface area contributed by atoms with E-state index in [1.165, 1.54) is 0 Å². The number of anilines is 1. The van der Waals surface area contributed by atoms with E-state index in [4.69, 9.17) is 0 Å². The van der Waals surface area contributed by atoms with Crippen molar-refractivity contribution in [1.82, 2.24) is 9.97 Å². The second-order valence-electron chi connectivity index (χ2n) is 2.69. The van der Waals surface area contributed by atoms with E-state index in [1.54, 1.807) is 18.5 Å². The summed E-state index contributed by atoms with van der Waals surface area (Å²) in [5.74, 6) is 2.17. The molecule has 0 amide bonds. The Labute approximate surface area is 80.3 Å². The van der Waals surface area contributed by atoms with Crippen LogP contribution >= 0.6 is 0 Å². The van der Waals surface area contributed by atoms with Crippen LogP contribution in [-0.2, 0) is 10.8 Å². The lowest BCUT2D eigenvalue weighted by atomic mass is 10.5. The number of aryl methyl sites for hydroxylation is 1. The Morgan fingerprint density at radius 1 is 1.62 bits per heavy atom. The van der Waals surface area contributed by atoms with Gasteiger partial charge in [0.2, 0.25) is 0 Å². The maximum absolute atomic E-state index is 10.7. The molecule has 13 heavy (non-hydrogen) atoms. The number of aromatic nitrogens is 2. The lowest BCUT2D eigenvalue weighted by Gasteiger charge is -2.03. The van der Waals surface area contributed by atoms with Crippen molar-refractivity contribution in [2.45, 2.75) is 6.92 Å². The van der Waals surface area contributed by atoms with Crippen molar-refractivity contribution in [3.8, 4) is 0 Å². The second kappa shape index (κ2) is 4.91. The van der Waals surface area contributed by atoms with Crippen molar-refractivity contribution in [3.05, 3.63) is 18.1 Å². The summed E-state index contributed by atoms with van der Waals surface area (Å²) in [5, 5.41) is 3.07. The Balaban J connectivity index is 2.41. The van der Waals surface area contributed by atoms with E-state index in [1.807, 2.05) is 6.92 Å². The number of hydrogen-bond acceptors (Lipinski definition) is 4. The molecule has 1 N–H and O–H groups in total. The van der Waals surface area contributed by atoms with Gasteiger partial charge in [-0.1, -0.05) is 0 Å². The summed E-state index contributed by atoms with van der Waals surface area (Å²) in [6.45, 7) is 2.52. The predicted octanol–water partition coefficient (Wildman–Crippen LogP) is 0.575. The van der Waals surface area contributed by atoms with Crippen molar-refractivity contribution >= 4 is 16.6 Å². The summed E-state index contributed by atoms with van der Waals surface area (Å²) >= 11 is 0. The topological polar surface area (TPSA) is 54.9 Å². The minimum atomic E-state index is -0.750. The number of nitrogens with zero attached hydrogens (tertiary/aromatic N) is 2. The van der Waals surface area contributed by atoms with Crippen LogP contribution in [0.15, 0.2) is 12.3 Å². The molecule has 0 spiro atoms. The average Bonchev–Trinajstić information content (AvgIpc) is 2.03. The quantitative estimate of drug-likeness (QED) is 0.770. The van der Waals surface area contributed by atoms with Gasteiger partial charge in [0.1, 0.15) is 11.6 Å². The molecule has 72 valence electrons. The first-order valence-electron chi connectivity index (χ1n) is 4.02. The molecular weight excluding hydrogens is 186 g/mol. The summed E-state index contributed by atoms with van der Waals surface area (Å²) in [4.78, 5) is 8.12. The highest BCUT2D eigenvalue weighted by Crippen LogP contribution is 1.99. The van der Waals surface area contributed by atoms with E-state index in [-0.39, 0.29) is 0 Å². The van der Waals surface area contributed by atoms with Gasteiger partial charge in [-0.05, 0) is 13.0 Å². The maximum Gasteiger partial charge on any atom is 0.129 e. The zero-order valence-electron chi connectivity index (χ0n) is 7.78. The van der Waals surface area contributed by atoms with Gasteiger partial charge >= 0.3 is 0 Å². The molecule has 1 aromatic heterocycles. The van der Waals surface area contributed by atoms with Gasteiger partial charge in [0.25, 0.3) is 0 Å². The first-order chi connectivity index (χ1) is 6.18. The fraction of sp³-hybridized carbons (Fsp3) is 0.500. The largest absolute Gasteiger partial charge is 0.369 e. The predicted molar refractivity (Wildman–Crippen MR) is 54.2 cm³/mol. The summed E-state index contributed by atoms with van der Waals surface area (Å²) in [7, 11) is -0.750. The second-order valence-corrected chi connectivity index (χ2v) is 4.25. The summed E-state index contributed by atoms with van der Waals surface area (Å²) < 4.78 is 10.7. The van der Waals surface area contributed by atoms with Crippen molar-refractivity contribution < 1.29 is 4.21 Å². The van der Waals surface area contributed by atoms with E-state index in [0.717, 1.165) is 11.6 Å². The summed E-state index contributed by atoms with van der Waals surface area (Å²) in [5.41, 5.74) is 0. The van der Waals surface area contributed by atoms with Crippen LogP contribution in [0.2, 0.25) is 0 Å². The molecule has 0 bridgehead atoms. The molecule has 1 rings (SSSR count).